The Balaban J connectivity index is 2.62. The molecule has 0 saturated heterocycles. The molecule has 0 aliphatic carbocycles. The first-order chi connectivity index (χ1) is 9.04. The van der Waals surface area contributed by atoms with Gasteiger partial charge in [-0.25, -0.2) is 0 Å². The third kappa shape index (κ3) is 2.74. The van der Waals surface area contributed by atoms with Crippen LogP contribution in [-0.2, 0) is 0 Å². The second-order valence-corrected chi connectivity index (χ2v) is 5.34. The molecule has 1 heteroatoms. The number of allylic oxidation sites excluding steroid dienone is 1. The number of rotatable bonds is 2. The summed E-state index contributed by atoms with van der Waals surface area (Å²) in [6.45, 7) is 8.41. The minimum Gasteiger partial charge on any atom is -0.0837 e. The smallest absolute Gasteiger partial charge is 0.0487 e. The quantitative estimate of drug-likeness (QED) is 0.655. The van der Waals surface area contributed by atoms with E-state index in [4.69, 9.17) is 11.6 Å². The molecule has 2 aromatic carbocycles. The molecule has 98 valence electrons. The van der Waals surface area contributed by atoms with Crippen LogP contribution in [0.5, 0.6) is 0 Å². The molecule has 2 rings (SSSR count). The molecule has 0 aliphatic rings. The molecule has 0 heterocycles. The molecule has 19 heavy (non-hydrogen) atoms. The van der Waals surface area contributed by atoms with Crippen LogP contribution in [0.2, 0.25) is 5.02 Å². The maximum Gasteiger partial charge on any atom is 0.0487 e. The molecular formula is C18H19Cl. The normalized spacial score (nSPS) is 11.7. The van der Waals surface area contributed by atoms with Crippen LogP contribution in [0.15, 0.2) is 42.5 Å². The van der Waals surface area contributed by atoms with Gasteiger partial charge in [0.15, 0.2) is 0 Å². The molecule has 2 aromatic rings. The second-order valence-electron chi connectivity index (χ2n) is 4.93. The molecule has 0 saturated carbocycles. The summed E-state index contributed by atoms with van der Waals surface area (Å²) >= 11 is 6.44. The van der Waals surface area contributed by atoms with E-state index >= 15 is 0 Å². The van der Waals surface area contributed by atoms with Gasteiger partial charge in [0.25, 0.3) is 0 Å². The van der Waals surface area contributed by atoms with Crippen molar-refractivity contribution >= 4 is 17.2 Å². The second kappa shape index (κ2) is 5.63. The predicted octanol–water partition coefficient (Wildman–Crippen LogP) is 5.72. The number of benzene rings is 2. The summed E-state index contributed by atoms with van der Waals surface area (Å²) in [5.41, 5.74) is 7.33. The lowest BCUT2D eigenvalue weighted by Crippen LogP contribution is -1.94. The summed E-state index contributed by atoms with van der Waals surface area (Å²) in [6, 6.07) is 12.6. The van der Waals surface area contributed by atoms with E-state index in [0.717, 1.165) is 10.6 Å². The van der Waals surface area contributed by atoms with Gasteiger partial charge in [-0.15, -0.1) is 0 Å². The van der Waals surface area contributed by atoms with Crippen LogP contribution in [0.4, 0.5) is 0 Å². The molecule has 0 aliphatic heterocycles. The molecule has 0 aromatic heterocycles. The van der Waals surface area contributed by atoms with Gasteiger partial charge in [0, 0.05) is 10.6 Å². The van der Waals surface area contributed by atoms with Crippen LogP contribution in [0, 0.1) is 20.8 Å². The zero-order chi connectivity index (χ0) is 14.0. The van der Waals surface area contributed by atoms with Crippen LogP contribution >= 0.6 is 11.6 Å². The summed E-state index contributed by atoms with van der Waals surface area (Å²) in [4.78, 5) is 0. The van der Waals surface area contributed by atoms with Gasteiger partial charge in [-0.1, -0.05) is 41.9 Å². The molecule has 0 atom stereocenters. The van der Waals surface area contributed by atoms with Gasteiger partial charge in [0.1, 0.15) is 0 Å². The lowest BCUT2D eigenvalue weighted by atomic mass is 9.92. The molecular weight excluding hydrogens is 252 g/mol. The average molecular weight is 271 g/mol. The fraction of sp³-hybridized carbons (Fsp3) is 0.222. The maximum absolute atomic E-state index is 6.44. The third-order valence-corrected chi connectivity index (χ3v) is 3.91. The van der Waals surface area contributed by atoms with Crippen LogP contribution in [-0.4, -0.2) is 0 Å². The largest absolute Gasteiger partial charge is 0.0837 e. The van der Waals surface area contributed by atoms with Gasteiger partial charge >= 0.3 is 0 Å². The zero-order valence-corrected chi connectivity index (χ0v) is 12.7. The molecule has 0 amide bonds. The highest BCUT2D eigenvalue weighted by molar-refractivity contribution is 6.32. The Labute approximate surface area is 120 Å². The van der Waals surface area contributed by atoms with E-state index in [1.54, 1.807) is 0 Å². The van der Waals surface area contributed by atoms with Crippen molar-refractivity contribution in [3.63, 3.8) is 0 Å². The monoisotopic (exact) mass is 270 g/mol. The van der Waals surface area contributed by atoms with Crippen molar-refractivity contribution < 1.29 is 0 Å². The van der Waals surface area contributed by atoms with E-state index in [1.165, 1.54) is 27.8 Å². The molecule has 0 N–H and O–H groups in total. The first-order valence-electron chi connectivity index (χ1n) is 6.54. The Morgan fingerprint density at radius 1 is 0.895 bits per heavy atom. The summed E-state index contributed by atoms with van der Waals surface area (Å²) in [7, 11) is 0. The first-order valence-corrected chi connectivity index (χ1v) is 6.92. The van der Waals surface area contributed by atoms with Crippen molar-refractivity contribution in [1.29, 1.82) is 0 Å². The Kier molecular flexibility index (Phi) is 4.11. The van der Waals surface area contributed by atoms with E-state index in [-0.39, 0.29) is 0 Å². The minimum absolute atomic E-state index is 0.819. The first kappa shape index (κ1) is 13.9. The van der Waals surface area contributed by atoms with Crippen LogP contribution < -0.4 is 0 Å². The SMILES string of the molecule is C/C=C(\c1ccccc1C)c1cc(C)c(C)cc1Cl. The Bertz CT molecular complexity index is 636. The fourth-order valence-electron chi connectivity index (χ4n) is 2.32. The third-order valence-electron chi connectivity index (χ3n) is 3.60. The van der Waals surface area contributed by atoms with E-state index in [9.17, 15) is 0 Å². The van der Waals surface area contributed by atoms with Crippen LogP contribution in [0.1, 0.15) is 34.7 Å². The highest BCUT2D eigenvalue weighted by Crippen LogP contribution is 2.32. The molecule has 0 fully saturated rings. The minimum atomic E-state index is 0.819. The van der Waals surface area contributed by atoms with E-state index in [0.29, 0.717) is 0 Å². The highest BCUT2D eigenvalue weighted by Gasteiger charge is 2.11. The van der Waals surface area contributed by atoms with Crippen molar-refractivity contribution in [3.8, 4) is 0 Å². The molecule has 0 radical (unpaired) electrons. The number of halogens is 1. The fourth-order valence-corrected chi connectivity index (χ4v) is 2.64. The van der Waals surface area contributed by atoms with E-state index in [1.807, 2.05) is 6.07 Å². The molecule has 0 spiro atoms. The molecule has 0 nitrogen and oxygen atoms in total. The summed E-state index contributed by atoms with van der Waals surface area (Å²) in [5, 5.41) is 0.819. The Morgan fingerprint density at radius 3 is 2.16 bits per heavy atom. The highest BCUT2D eigenvalue weighted by atomic mass is 35.5. The van der Waals surface area contributed by atoms with Crippen molar-refractivity contribution in [2.75, 3.05) is 0 Å². The predicted molar refractivity (Wildman–Crippen MR) is 84.9 cm³/mol. The summed E-state index contributed by atoms with van der Waals surface area (Å²) in [5.74, 6) is 0. The topological polar surface area (TPSA) is 0 Å². The Morgan fingerprint density at radius 2 is 1.53 bits per heavy atom. The molecule has 0 unspecified atom stereocenters. The van der Waals surface area contributed by atoms with Crippen molar-refractivity contribution in [2.45, 2.75) is 27.7 Å². The summed E-state index contributed by atoms with van der Waals surface area (Å²) < 4.78 is 0. The number of aryl methyl sites for hydroxylation is 3. The van der Waals surface area contributed by atoms with Gasteiger partial charge in [0.05, 0.1) is 0 Å². The van der Waals surface area contributed by atoms with E-state index < -0.39 is 0 Å². The van der Waals surface area contributed by atoms with Gasteiger partial charge in [-0.05, 0) is 67.7 Å². The van der Waals surface area contributed by atoms with E-state index in [2.05, 4.69) is 64.1 Å². The van der Waals surface area contributed by atoms with Gasteiger partial charge in [0.2, 0.25) is 0 Å². The Hall–Kier alpha value is -1.53. The molecule has 0 bridgehead atoms. The van der Waals surface area contributed by atoms with Crippen molar-refractivity contribution in [3.05, 3.63) is 75.3 Å². The van der Waals surface area contributed by atoms with Crippen LogP contribution in [0.25, 0.3) is 5.57 Å². The standard InChI is InChI=1S/C18H19Cl/c1-5-15(16-9-7-6-8-12(16)2)17-10-13(3)14(4)11-18(17)19/h5-11H,1-4H3/b15-5+. The van der Waals surface area contributed by atoms with Gasteiger partial charge in [-0.2, -0.15) is 0 Å². The number of hydrogen-bond acceptors (Lipinski definition) is 0. The van der Waals surface area contributed by atoms with Gasteiger partial charge < -0.3 is 0 Å². The lowest BCUT2D eigenvalue weighted by molar-refractivity contribution is 1.32. The van der Waals surface area contributed by atoms with Crippen molar-refractivity contribution in [1.82, 2.24) is 0 Å². The number of hydrogen-bond donors (Lipinski definition) is 0. The summed E-state index contributed by atoms with van der Waals surface area (Å²) in [6.07, 6.45) is 2.14. The average Bonchev–Trinajstić information content (AvgIpc) is 2.38. The van der Waals surface area contributed by atoms with Gasteiger partial charge in [-0.3, -0.25) is 0 Å². The van der Waals surface area contributed by atoms with Crippen LogP contribution in [0.3, 0.4) is 0 Å². The van der Waals surface area contributed by atoms with Crippen molar-refractivity contribution in [2.24, 2.45) is 0 Å². The zero-order valence-electron chi connectivity index (χ0n) is 11.9. The lowest BCUT2D eigenvalue weighted by Gasteiger charge is -2.14. The maximum atomic E-state index is 6.44.